The van der Waals surface area contributed by atoms with Gasteiger partial charge in [0, 0.05) is 32.1 Å². The van der Waals surface area contributed by atoms with Crippen LogP contribution in [0.15, 0.2) is 6.07 Å². The van der Waals surface area contributed by atoms with Gasteiger partial charge >= 0.3 is 0 Å². The molecule has 1 aromatic heterocycles. The number of hydrogen-bond acceptors (Lipinski definition) is 6. The third-order valence-electron chi connectivity index (χ3n) is 2.60. The molecule has 21 heavy (non-hydrogen) atoms. The Hall–Kier alpha value is -1.41. The number of hydrogen-bond donors (Lipinski definition) is 3. The van der Waals surface area contributed by atoms with E-state index in [1.54, 1.807) is 0 Å². The Balaban J connectivity index is 2.64. The van der Waals surface area contributed by atoms with Crippen molar-refractivity contribution in [3.63, 3.8) is 0 Å². The van der Waals surface area contributed by atoms with Crippen LogP contribution in [0.25, 0.3) is 0 Å². The molecule has 0 aliphatic rings. The first-order chi connectivity index (χ1) is 9.94. The molecular formula is C13H25N5O2S. The first-order valence-corrected chi connectivity index (χ1v) is 9.14. The highest BCUT2D eigenvalue weighted by atomic mass is 32.2. The van der Waals surface area contributed by atoms with E-state index in [0.717, 1.165) is 43.7 Å². The zero-order valence-corrected chi connectivity index (χ0v) is 13.8. The lowest BCUT2D eigenvalue weighted by atomic mass is 10.3. The molecule has 0 aliphatic carbocycles. The molecule has 0 fully saturated rings. The molecule has 0 spiro atoms. The van der Waals surface area contributed by atoms with Gasteiger partial charge in [0.2, 0.25) is 10.0 Å². The van der Waals surface area contributed by atoms with Crippen molar-refractivity contribution in [2.24, 2.45) is 0 Å². The second-order valence-corrected chi connectivity index (χ2v) is 6.66. The fourth-order valence-corrected chi connectivity index (χ4v) is 2.17. The number of nitrogens with one attached hydrogen (secondary N) is 3. The normalized spacial score (nSPS) is 11.4. The van der Waals surface area contributed by atoms with Crippen LogP contribution in [0.3, 0.4) is 0 Å². The largest absolute Gasteiger partial charge is 0.370 e. The summed E-state index contributed by atoms with van der Waals surface area (Å²) in [6.07, 6.45) is 3.96. The Morgan fingerprint density at radius 3 is 2.14 bits per heavy atom. The zero-order valence-electron chi connectivity index (χ0n) is 12.9. The van der Waals surface area contributed by atoms with Gasteiger partial charge in [-0.15, -0.1) is 0 Å². The van der Waals surface area contributed by atoms with E-state index in [1.807, 2.05) is 6.07 Å². The van der Waals surface area contributed by atoms with Gasteiger partial charge in [-0.2, -0.15) is 0 Å². The number of aromatic nitrogens is 2. The van der Waals surface area contributed by atoms with Crippen molar-refractivity contribution in [2.45, 2.75) is 33.1 Å². The first kappa shape index (κ1) is 17.6. The fourth-order valence-electron chi connectivity index (χ4n) is 1.69. The zero-order chi connectivity index (χ0) is 15.7. The number of sulfonamides is 1. The number of rotatable bonds is 10. The van der Waals surface area contributed by atoms with Crippen molar-refractivity contribution >= 4 is 21.7 Å². The fraction of sp³-hybridized carbons (Fsp3) is 0.692. The Kier molecular flexibility index (Phi) is 7.38. The molecule has 1 aromatic rings. The van der Waals surface area contributed by atoms with Gasteiger partial charge in [0.1, 0.15) is 17.5 Å². The lowest BCUT2D eigenvalue weighted by Gasteiger charge is -2.11. The van der Waals surface area contributed by atoms with Gasteiger partial charge in [-0.1, -0.05) is 13.8 Å². The Morgan fingerprint density at radius 2 is 1.62 bits per heavy atom. The van der Waals surface area contributed by atoms with Crippen LogP contribution < -0.4 is 15.4 Å². The van der Waals surface area contributed by atoms with Crippen molar-refractivity contribution in [1.29, 1.82) is 0 Å². The van der Waals surface area contributed by atoms with Gasteiger partial charge in [0.15, 0.2) is 0 Å². The Morgan fingerprint density at radius 1 is 1.00 bits per heavy atom. The first-order valence-electron chi connectivity index (χ1n) is 7.25. The van der Waals surface area contributed by atoms with E-state index in [2.05, 4.69) is 39.2 Å². The predicted octanol–water partition coefficient (Wildman–Crippen LogP) is 1.21. The molecule has 1 rings (SSSR count). The van der Waals surface area contributed by atoms with Crippen LogP contribution in [0.1, 0.15) is 32.5 Å². The van der Waals surface area contributed by atoms with Crippen LogP contribution in [-0.2, 0) is 16.4 Å². The van der Waals surface area contributed by atoms with Gasteiger partial charge in [-0.05, 0) is 12.8 Å². The van der Waals surface area contributed by atoms with E-state index in [-0.39, 0.29) is 0 Å². The van der Waals surface area contributed by atoms with E-state index in [9.17, 15) is 8.42 Å². The molecule has 0 unspecified atom stereocenters. The van der Waals surface area contributed by atoms with Gasteiger partial charge in [-0.3, -0.25) is 0 Å². The van der Waals surface area contributed by atoms with Crippen LogP contribution in [0.2, 0.25) is 0 Å². The van der Waals surface area contributed by atoms with E-state index >= 15 is 0 Å². The standard InChI is InChI=1S/C13H25N5O2S/c1-4-6-11-17-12(14-7-5-2)10-13(18-11)15-8-9-16-21(3,19)20/h10,16H,4-9H2,1-3H3,(H2,14,15,17,18). The van der Waals surface area contributed by atoms with E-state index in [4.69, 9.17) is 0 Å². The summed E-state index contributed by atoms with van der Waals surface area (Å²) in [6.45, 7) is 5.83. The van der Waals surface area contributed by atoms with Crippen molar-refractivity contribution in [2.75, 3.05) is 36.5 Å². The van der Waals surface area contributed by atoms with Crippen molar-refractivity contribution in [3.8, 4) is 0 Å². The minimum Gasteiger partial charge on any atom is -0.370 e. The number of nitrogens with zero attached hydrogens (tertiary/aromatic N) is 2. The molecule has 0 bridgehead atoms. The second kappa shape index (κ2) is 8.78. The molecule has 3 N–H and O–H groups in total. The summed E-state index contributed by atoms with van der Waals surface area (Å²) < 4.78 is 24.4. The van der Waals surface area contributed by atoms with Crippen LogP contribution in [0.5, 0.6) is 0 Å². The van der Waals surface area contributed by atoms with Crippen molar-refractivity contribution in [3.05, 3.63) is 11.9 Å². The van der Waals surface area contributed by atoms with Gasteiger partial charge in [0.05, 0.1) is 6.26 Å². The topological polar surface area (TPSA) is 96.0 Å². The molecule has 7 nitrogen and oxygen atoms in total. The molecule has 0 saturated carbocycles. The monoisotopic (exact) mass is 315 g/mol. The number of aryl methyl sites for hydroxylation is 1. The van der Waals surface area contributed by atoms with E-state index in [0.29, 0.717) is 18.9 Å². The highest BCUT2D eigenvalue weighted by Gasteiger charge is 2.04. The maximum absolute atomic E-state index is 11.0. The van der Waals surface area contributed by atoms with Gasteiger partial charge in [-0.25, -0.2) is 23.1 Å². The molecule has 0 saturated heterocycles. The highest BCUT2D eigenvalue weighted by Crippen LogP contribution is 2.12. The molecule has 0 radical (unpaired) electrons. The summed E-state index contributed by atoms with van der Waals surface area (Å²) in [5, 5.41) is 6.36. The summed E-state index contributed by atoms with van der Waals surface area (Å²) in [5.41, 5.74) is 0. The van der Waals surface area contributed by atoms with Crippen LogP contribution in [0.4, 0.5) is 11.6 Å². The Labute approximate surface area is 127 Å². The third kappa shape index (κ3) is 7.81. The molecule has 0 atom stereocenters. The molecular weight excluding hydrogens is 290 g/mol. The lowest BCUT2D eigenvalue weighted by molar-refractivity contribution is 0.589. The van der Waals surface area contributed by atoms with Crippen molar-refractivity contribution < 1.29 is 8.42 Å². The molecule has 0 amide bonds. The average Bonchev–Trinajstić information content (AvgIpc) is 2.41. The lowest BCUT2D eigenvalue weighted by Crippen LogP contribution is -2.27. The molecule has 1 heterocycles. The quantitative estimate of drug-likeness (QED) is 0.562. The summed E-state index contributed by atoms with van der Waals surface area (Å²) in [7, 11) is -3.15. The molecule has 120 valence electrons. The van der Waals surface area contributed by atoms with Gasteiger partial charge < -0.3 is 10.6 Å². The van der Waals surface area contributed by atoms with Crippen LogP contribution in [0, 0.1) is 0 Å². The Bertz CT molecular complexity index is 533. The maximum Gasteiger partial charge on any atom is 0.208 e. The van der Waals surface area contributed by atoms with Crippen LogP contribution in [-0.4, -0.2) is 44.3 Å². The third-order valence-corrected chi connectivity index (χ3v) is 3.33. The highest BCUT2D eigenvalue weighted by molar-refractivity contribution is 7.88. The SMILES string of the molecule is CCCNc1cc(NCCNS(C)(=O)=O)nc(CCC)n1. The molecule has 0 aliphatic heterocycles. The average molecular weight is 315 g/mol. The van der Waals surface area contributed by atoms with E-state index in [1.165, 1.54) is 0 Å². The predicted molar refractivity (Wildman–Crippen MR) is 86.1 cm³/mol. The summed E-state index contributed by atoms with van der Waals surface area (Å²) in [4.78, 5) is 8.88. The molecule has 0 aromatic carbocycles. The van der Waals surface area contributed by atoms with Crippen molar-refractivity contribution in [1.82, 2.24) is 14.7 Å². The summed E-state index contributed by atoms with van der Waals surface area (Å²) in [6, 6.07) is 1.84. The van der Waals surface area contributed by atoms with Crippen LogP contribution >= 0.6 is 0 Å². The second-order valence-electron chi connectivity index (χ2n) is 4.82. The van der Waals surface area contributed by atoms with E-state index < -0.39 is 10.0 Å². The van der Waals surface area contributed by atoms with Gasteiger partial charge in [0.25, 0.3) is 0 Å². The minimum atomic E-state index is -3.15. The maximum atomic E-state index is 11.0. The summed E-state index contributed by atoms with van der Waals surface area (Å²) >= 11 is 0. The smallest absolute Gasteiger partial charge is 0.208 e. The number of anilines is 2. The minimum absolute atomic E-state index is 0.323. The summed E-state index contributed by atoms with van der Waals surface area (Å²) in [5.74, 6) is 2.30. The molecule has 8 heteroatoms.